The second kappa shape index (κ2) is 6.54. The Bertz CT molecular complexity index is 789. The average molecular weight is 411 g/mol. The Morgan fingerprint density at radius 3 is 2.59 bits per heavy atom. The number of anilines is 1. The van der Waals surface area contributed by atoms with Crippen molar-refractivity contribution in [1.29, 1.82) is 0 Å². The lowest BCUT2D eigenvalue weighted by Gasteiger charge is -2.14. The fourth-order valence-electron chi connectivity index (χ4n) is 2.03. The van der Waals surface area contributed by atoms with E-state index in [2.05, 4.69) is 15.9 Å². The van der Waals surface area contributed by atoms with Crippen molar-refractivity contribution >= 4 is 73.5 Å². The lowest BCUT2D eigenvalue weighted by atomic mass is 10.2. The molecule has 0 saturated carbocycles. The Balaban J connectivity index is 1.93. The van der Waals surface area contributed by atoms with Gasteiger partial charge in [-0.2, -0.15) is 0 Å². The molecule has 0 bridgehead atoms. The maximum atomic E-state index is 12.6. The summed E-state index contributed by atoms with van der Waals surface area (Å²) in [5.41, 5.74) is 1.68. The van der Waals surface area contributed by atoms with E-state index in [1.165, 1.54) is 16.7 Å². The average Bonchev–Trinajstić information content (AvgIpc) is 2.75. The highest BCUT2D eigenvalue weighted by Gasteiger charge is 2.33. The van der Waals surface area contributed by atoms with Crippen LogP contribution < -0.4 is 4.90 Å². The molecule has 6 heteroatoms. The number of hydrogen-bond acceptors (Lipinski definition) is 3. The van der Waals surface area contributed by atoms with E-state index < -0.39 is 0 Å². The number of hydrogen-bond donors (Lipinski definition) is 0. The number of thioether (sulfide) groups is 1. The first kappa shape index (κ1) is 15.7. The molecule has 22 heavy (non-hydrogen) atoms. The molecule has 0 aliphatic carbocycles. The molecule has 2 nitrogen and oxygen atoms in total. The summed E-state index contributed by atoms with van der Waals surface area (Å²) in [4.78, 5) is 14.7. The lowest BCUT2D eigenvalue weighted by Crippen LogP contribution is -2.27. The molecule has 1 aliphatic heterocycles. The molecule has 1 heterocycles. The molecule has 1 saturated heterocycles. The Morgan fingerprint density at radius 2 is 1.91 bits per heavy atom. The normalized spacial score (nSPS) is 16.6. The molecule has 0 radical (unpaired) electrons. The predicted molar refractivity (Wildman–Crippen MR) is 101 cm³/mol. The van der Waals surface area contributed by atoms with Gasteiger partial charge in [0.15, 0.2) is 4.32 Å². The van der Waals surface area contributed by atoms with Gasteiger partial charge in [0.05, 0.1) is 10.6 Å². The van der Waals surface area contributed by atoms with E-state index in [1.807, 2.05) is 30.3 Å². The summed E-state index contributed by atoms with van der Waals surface area (Å²) in [5, 5.41) is 0.624. The second-order valence-electron chi connectivity index (χ2n) is 4.55. The van der Waals surface area contributed by atoms with Crippen LogP contribution in [0.5, 0.6) is 0 Å². The van der Waals surface area contributed by atoms with Crippen molar-refractivity contribution in [2.24, 2.45) is 0 Å². The van der Waals surface area contributed by atoms with Gasteiger partial charge >= 0.3 is 0 Å². The molecule has 0 spiro atoms. The molecule has 2 aromatic rings. The van der Waals surface area contributed by atoms with Crippen molar-refractivity contribution in [2.45, 2.75) is 0 Å². The van der Waals surface area contributed by atoms with Crippen LogP contribution in [0, 0.1) is 0 Å². The Morgan fingerprint density at radius 1 is 1.18 bits per heavy atom. The Kier molecular flexibility index (Phi) is 4.68. The van der Waals surface area contributed by atoms with E-state index in [-0.39, 0.29) is 5.91 Å². The first-order valence-corrected chi connectivity index (χ1v) is 8.73. The van der Waals surface area contributed by atoms with Gasteiger partial charge in [-0.05, 0) is 48.0 Å². The molecule has 1 aliphatic rings. The zero-order chi connectivity index (χ0) is 15.7. The number of thiocarbonyl (C=S) groups is 1. The van der Waals surface area contributed by atoms with E-state index in [0.717, 1.165) is 15.7 Å². The molecular weight excluding hydrogens is 402 g/mol. The van der Waals surface area contributed by atoms with E-state index in [9.17, 15) is 4.79 Å². The zero-order valence-corrected chi connectivity index (χ0v) is 15.1. The minimum atomic E-state index is -0.114. The van der Waals surface area contributed by atoms with Crippen molar-refractivity contribution in [3.8, 4) is 0 Å². The third kappa shape index (κ3) is 3.27. The van der Waals surface area contributed by atoms with Gasteiger partial charge < -0.3 is 0 Å². The standard InChI is InChI=1S/C16H9BrClNOS2/c17-11-3-1-2-10(8-11)9-14-15(20)19(16(21)22-14)13-6-4-12(18)5-7-13/h1-9H. The molecule has 110 valence electrons. The summed E-state index contributed by atoms with van der Waals surface area (Å²) in [7, 11) is 0. The number of carbonyl (C=O) groups is 1. The molecule has 0 unspecified atom stereocenters. The number of benzene rings is 2. The van der Waals surface area contributed by atoms with Crippen LogP contribution in [-0.2, 0) is 4.79 Å². The fraction of sp³-hybridized carbons (Fsp3) is 0. The molecular formula is C16H9BrClNOS2. The van der Waals surface area contributed by atoms with Crippen LogP contribution in [0.15, 0.2) is 57.9 Å². The molecule has 0 N–H and O–H groups in total. The highest BCUT2D eigenvalue weighted by molar-refractivity contribution is 9.10. The number of rotatable bonds is 2. The number of amides is 1. The third-order valence-corrected chi connectivity index (χ3v) is 5.07. The van der Waals surface area contributed by atoms with Gasteiger partial charge in [-0.1, -0.05) is 63.6 Å². The van der Waals surface area contributed by atoms with Gasteiger partial charge in [0, 0.05) is 9.50 Å². The molecule has 1 amide bonds. The predicted octanol–water partition coefficient (Wildman–Crippen LogP) is 5.51. The topological polar surface area (TPSA) is 20.3 Å². The maximum Gasteiger partial charge on any atom is 0.270 e. The Labute approximate surface area is 151 Å². The minimum absolute atomic E-state index is 0.114. The van der Waals surface area contributed by atoms with E-state index in [1.54, 1.807) is 24.3 Å². The van der Waals surface area contributed by atoms with Gasteiger partial charge in [-0.25, -0.2) is 0 Å². The van der Waals surface area contributed by atoms with Crippen molar-refractivity contribution in [3.05, 3.63) is 68.5 Å². The van der Waals surface area contributed by atoms with Crippen LogP contribution in [0.2, 0.25) is 5.02 Å². The summed E-state index contributed by atoms with van der Waals surface area (Å²) in [6.45, 7) is 0. The van der Waals surface area contributed by atoms with Crippen LogP contribution >= 0.6 is 51.5 Å². The highest BCUT2D eigenvalue weighted by atomic mass is 79.9. The highest BCUT2D eigenvalue weighted by Crippen LogP contribution is 2.36. The first-order valence-electron chi connectivity index (χ1n) is 6.34. The number of halogens is 2. The maximum absolute atomic E-state index is 12.6. The van der Waals surface area contributed by atoms with E-state index in [4.69, 9.17) is 23.8 Å². The molecule has 1 fully saturated rings. The van der Waals surface area contributed by atoms with Gasteiger partial charge in [0.2, 0.25) is 0 Å². The van der Waals surface area contributed by atoms with Crippen molar-refractivity contribution < 1.29 is 4.79 Å². The smallest absolute Gasteiger partial charge is 0.268 e. The van der Waals surface area contributed by atoms with Crippen molar-refractivity contribution in [1.82, 2.24) is 0 Å². The molecule has 0 aromatic heterocycles. The van der Waals surface area contributed by atoms with Gasteiger partial charge in [-0.15, -0.1) is 0 Å². The quantitative estimate of drug-likeness (QED) is 0.481. The second-order valence-corrected chi connectivity index (χ2v) is 7.58. The van der Waals surface area contributed by atoms with Gasteiger partial charge in [-0.3, -0.25) is 9.69 Å². The van der Waals surface area contributed by atoms with Crippen LogP contribution in [0.4, 0.5) is 5.69 Å². The molecule has 0 atom stereocenters. The van der Waals surface area contributed by atoms with E-state index in [0.29, 0.717) is 14.2 Å². The van der Waals surface area contributed by atoms with Crippen LogP contribution in [0.1, 0.15) is 5.56 Å². The molecule has 2 aromatic carbocycles. The van der Waals surface area contributed by atoms with Crippen molar-refractivity contribution in [2.75, 3.05) is 4.90 Å². The largest absolute Gasteiger partial charge is 0.270 e. The monoisotopic (exact) mass is 409 g/mol. The summed E-state index contributed by atoms with van der Waals surface area (Å²) in [6, 6.07) is 14.8. The molecule has 3 rings (SSSR count). The van der Waals surface area contributed by atoms with Crippen molar-refractivity contribution in [3.63, 3.8) is 0 Å². The zero-order valence-electron chi connectivity index (χ0n) is 11.1. The summed E-state index contributed by atoms with van der Waals surface area (Å²) in [5.74, 6) is -0.114. The lowest BCUT2D eigenvalue weighted by molar-refractivity contribution is -0.113. The van der Waals surface area contributed by atoms with E-state index >= 15 is 0 Å². The van der Waals surface area contributed by atoms with Gasteiger partial charge in [0.25, 0.3) is 5.91 Å². The SMILES string of the molecule is O=C1C(=Cc2cccc(Br)c2)SC(=S)N1c1ccc(Cl)cc1. The van der Waals surface area contributed by atoms with Crippen LogP contribution in [0.25, 0.3) is 6.08 Å². The summed E-state index contributed by atoms with van der Waals surface area (Å²) >= 11 is 15.9. The third-order valence-electron chi connectivity index (χ3n) is 3.02. The number of nitrogens with zero attached hydrogens (tertiary/aromatic N) is 1. The first-order chi connectivity index (χ1) is 10.5. The number of carbonyl (C=O) groups excluding carboxylic acids is 1. The van der Waals surface area contributed by atoms with Gasteiger partial charge in [0.1, 0.15) is 0 Å². The Hall–Kier alpha value is -1.14. The van der Waals surface area contributed by atoms with Crippen LogP contribution in [0.3, 0.4) is 0 Å². The minimum Gasteiger partial charge on any atom is -0.268 e. The fourth-order valence-corrected chi connectivity index (χ4v) is 3.87. The summed E-state index contributed by atoms with van der Waals surface area (Å²) < 4.78 is 1.49. The van der Waals surface area contributed by atoms with Crippen LogP contribution in [-0.4, -0.2) is 10.2 Å². The summed E-state index contributed by atoms with van der Waals surface area (Å²) in [6.07, 6.45) is 1.85.